The van der Waals surface area contributed by atoms with E-state index in [0.29, 0.717) is 25.0 Å². The van der Waals surface area contributed by atoms with Gasteiger partial charge in [-0.2, -0.15) is 0 Å². The minimum Gasteiger partial charge on any atom is -0.507 e. The number of aromatic hydroxyl groups is 1. The number of aryl methyl sites for hydroxylation is 1. The molecule has 0 atom stereocenters. The van der Waals surface area contributed by atoms with Crippen LogP contribution < -0.4 is 0 Å². The minimum absolute atomic E-state index is 0.210. The van der Waals surface area contributed by atoms with E-state index in [1.165, 1.54) is 0 Å². The molecule has 0 aliphatic carbocycles. The predicted molar refractivity (Wildman–Crippen MR) is 130 cm³/mol. The summed E-state index contributed by atoms with van der Waals surface area (Å²) in [6.07, 6.45) is 0.926. The summed E-state index contributed by atoms with van der Waals surface area (Å²) in [6, 6.07) is 3.97. The third kappa shape index (κ3) is 5.32. The maximum absolute atomic E-state index is 12.8. The molecular formula is C26H42O5S. The van der Waals surface area contributed by atoms with Gasteiger partial charge in [-0.25, -0.2) is 8.42 Å². The quantitative estimate of drug-likeness (QED) is 0.584. The molecule has 1 saturated heterocycles. The summed E-state index contributed by atoms with van der Waals surface area (Å²) in [7, 11) is -3.32. The highest BCUT2D eigenvalue weighted by Gasteiger charge is 2.53. The molecule has 2 rings (SSSR count). The molecule has 1 aromatic rings. The fraction of sp³-hybridized carbons (Fsp3) is 0.731. The van der Waals surface area contributed by atoms with Gasteiger partial charge in [0.1, 0.15) is 11.9 Å². The highest BCUT2D eigenvalue weighted by atomic mass is 32.2. The molecule has 182 valence electrons. The number of rotatable bonds is 4. The lowest BCUT2D eigenvalue weighted by molar-refractivity contribution is -0.150. The minimum atomic E-state index is -3.32. The second-order valence-corrected chi connectivity index (χ2v) is 15.8. The van der Waals surface area contributed by atoms with Crippen molar-refractivity contribution in [2.45, 2.75) is 121 Å². The average Bonchev–Trinajstić information content (AvgIpc) is 2.56. The zero-order chi connectivity index (χ0) is 24.9. The van der Waals surface area contributed by atoms with Crippen molar-refractivity contribution in [3.63, 3.8) is 0 Å². The molecule has 1 aliphatic heterocycles. The van der Waals surface area contributed by atoms with Crippen LogP contribution in [0.15, 0.2) is 12.1 Å². The molecule has 0 spiro atoms. The fourth-order valence-corrected chi connectivity index (χ4v) is 7.00. The summed E-state index contributed by atoms with van der Waals surface area (Å²) in [4.78, 5) is 12.7. The highest BCUT2D eigenvalue weighted by Crippen LogP contribution is 2.43. The maximum Gasteiger partial charge on any atom is 0.306 e. The first-order valence-electron chi connectivity index (χ1n) is 11.5. The smallest absolute Gasteiger partial charge is 0.306 e. The van der Waals surface area contributed by atoms with Crippen molar-refractivity contribution in [2.24, 2.45) is 0 Å². The van der Waals surface area contributed by atoms with E-state index in [-0.39, 0.29) is 23.2 Å². The van der Waals surface area contributed by atoms with Crippen LogP contribution in [0.5, 0.6) is 5.75 Å². The second kappa shape index (κ2) is 8.34. The standard InChI is InChI=1S/C26H42O5S/c1-23(2,3)19-13-17(14-20(22(19)28)24(4,5)6)11-12-21(27)31-18-15-25(7,8)32(29,30)26(9,10)16-18/h13-14,18,28H,11-12,15-16H2,1-10H3. The highest BCUT2D eigenvalue weighted by molar-refractivity contribution is 7.94. The maximum atomic E-state index is 12.8. The molecule has 32 heavy (non-hydrogen) atoms. The SMILES string of the molecule is CC(C)(C)c1cc(CCC(=O)OC2CC(C)(C)S(=O)(=O)C(C)(C)C2)cc(C(C)(C)C)c1O. The Hall–Kier alpha value is -1.56. The van der Waals surface area contributed by atoms with E-state index in [1.54, 1.807) is 27.7 Å². The van der Waals surface area contributed by atoms with E-state index >= 15 is 0 Å². The molecule has 0 bridgehead atoms. The van der Waals surface area contributed by atoms with Gasteiger partial charge in [0.05, 0.1) is 9.49 Å². The van der Waals surface area contributed by atoms with Gasteiger partial charge < -0.3 is 9.84 Å². The largest absolute Gasteiger partial charge is 0.507 e. The molecule has 1 N–H and O–H groups in total. The molecular weight excluding hydrogens is 424 g/mol. The lowest BCUT2D eigenvalue weighted by Gasteiger charge is -2.43. The molecule has 1 aromatic carbocycles. The van der Waals surface area contributed by atoms with Gasteiger partial charge in [-0.3, -0.25) is 4.79 Å². The number of phenols is 1. The van der Waals surface area contributed by atoms with Crippen LogP contribution in [0.3, 0.4) is 0 Å². The number of benzene rings is 1. The van der Waals surface area contributed by atoms with Crippen molar-refractivity contribution in [2.75, 3.05) is 0 Å². The number of hydrogen-bond donors (Lipinski definition) is 1. The van der Waals surface area contributed by atoms with Gasteiger partial charge in [0.15, 0.2) is 9.84 Å². The summed E-state index contributed by atoms with van der Waals surface area (Å²) in [5.74, 6) is 0.00722. The number of phenolic OH excluding ortho intramolecular Hbond substituents is 1. The molecule has 1 heterocycles. The van der Waals surface area contributed by atoms with Gasteiger partial charge in [0, 0.05) is 19.3 Å². The van der Waals surface area contributed by atoms with Crippen molar-refractivity contribution in [3.05, 3.63) is 28.8 Å². The predicted octanol–water partition coefficient (Wildman–Crippen LogP) is 5.60. The topological polar surface area (TPSA) is 80.7 Å². The van der Waals surface area contributed by atoms with Crippen molar-refractivity contribution in [1.29, 1.82) is 0 Å². The molecule has 0 amide bonds. The van der Waals surface area contributed by atoms with Gasteiger partial charge in [0.2, 0.25) is 0 Å². The lowest BCUT2D eigenvalue weighted by atomic mass is 9.78. The Morgan fingerprint density at radius 1 is 0.969 bits per heavy atom. The average molecular weight is 467 g/mol. The summed E-state index contributed by atoms with van der Waals surface area (Å²) in [5.41, 5.74) is 2.27. The first-order chi connectivity index (χ1) is 14.2. The Morgan fingerprint density at radius 2 is 1.38 bits per heavy atom. The van der Waals surface area contributed by atoms with E-state index in [4.69, 9.17) is 4.74 Å². The Kier molecular flexibility index (Phi) is 6.95. The summed E-state index contributed by atoms with van der Waals surface area (Å²) < 4.78 is 29.5. The Labute approximate surface area is 194 Å². The van der Waals surface area contributed by atoms with Gasteiger partial charge in [-0.1, -0.05) is 53.7 Å². The fourth-order valence-electron chi connectivity index (χ4n) is 4.69. The molecule has 0 radical (unpaired) electrons. The normalized spacial score (nSPS) is 20.7. The van der Waals surface area contributed by atoms with Crippen molar-refractivity contribution >= 4 is 15.8 Å². The van der Waals surface area contributed by atoms with E-state index in [9.17, 15) is 18.3 Å². The molecule has 1 fully saturated rings. The number of esters is 1. The third-order valence-electron chi connectivity index (χ3n) is 6.60. The van der Waals surface area contributed by atoms with Gasteiger partial charge >= 0.3 is 5.97 Å². The van der Waals surface area contributed by atoms with Crippen LogP contribution in [0.1, 0.15) is 105 Å². The molecule has 0 aromatic heterocycles. The van der Waals surface area contributed by atoms with Crippen molar-refractivity contribution in [3.8, 4) is 5.75 Å². The van der Waals surface area contributed by atoms with Crippen LogP contribution in [-0.4, -0.2) is 35.1 Å². The second-order valence-electron chi connectivity index (χ2n) is 12.6. The van der Waals surface area contributed by atoms with E-state index in [1.807, 2.05) is 12.1 Å². The Bertz CT molecular complexity index is 913. The van der Waals surface area contributed by atoms with Gasteiger partial charge in [-0.15, -0.1) is 0 Å². The first kappa shape index (κ1) is 26.7. The number of carbonyl (C=O) groups is 1. The number of sulfone groups is 1. The van der Waals surface area contributed by atoms with Gasteiger partial charge in [-0.05, 0) is 61.6 Å². The van der Waals surface area contributed by atoms with E-state index in [0.717, 1.165) is 16.7 Å². The van der Waals surface area contributed by atoms with Crippen LogP contribution in [0.4, 0.5) is 0 Å². The monoisotopic (exact) mass is 466 g/mol. The van der Waals surface area contributed by atoms with Crippen LogP contribution in [0, 0.1) is 0 Å². The number of ether oxygens (including phenoxy) is 1. The van der Waals surface area contributed by atoms with Crippen molar-refractivity contribution < 1.29 is 23.1 Å². The third-order valence-corrected chi connectivity index (χ3v) is 9.84. The first-order valence-corrected chi connectivity index (χ1v) is 13.0. The molecule has 6 heteroatoms. The Morgan fingerprint density at radius 3 is 1.75 bits per heavy atom. The number of hydrogen-bond acceptors (Lipinski definition) is 5. The molecule has 1 aliphatic rings. The van der Waals surface area contributed by atoms with Crippen LogP contribution in [-0.2, 0) is 36.6 Å². The van der Waals surface area contributed by atoms with E-state index < -0.39 is 25.4 Å². The summed E-state index contributed by atoms with van der Waals surface area (Å²) in [6.45, 7) is 19.2. The number of carbonyl (C=O) groups excluding carboxylic acids is 1. The van der Waals surface area contributed by atoms with Gasteiger partial charge in [0.25, 0.3) is 0 Å². The van der Waals surface area contributed by atoms with Crippen LogP contribution >= 0.6 is 0 Å². The van der Waals surface area contributed by atoms with Crippen molar-refractivity contribution in [1.82, 2.24) is 0 Å². The Balaban J connectivity index is 2.18. The molecule has 5 nitrogen and oxygen atoms in total. The zero-order valence-corrected chi connectivity index (χ0v) is 22.4. The van der Waals surface area contributed by atoms with Crippen LogP contribution in [0.2, 0.25) is 0 Å². The van der Waals surface area contributed by atoms with Crippen LogP contribution in [0.25, 0.3) is 0 Å². The lowest BCUT2D eigenvalue weighted by Crippen LogP contribution is -2.54. The zero-order valence-electron chi connectivity index (χ0n) is 21.5. The summed E-state index contributed by atoms with van der Waals surface area (Å²) >= 11 is 0. The molecule has 0 unspecified atom stereocenters. The summed E-state index contributed by atoms with van der Waals surface area (Å²) in [5, 5.41) is 10.9. The molecule has 0 saturated carbocycles. The van der Waals surface area contributed by atoms with E-state index in [2.05, 4.69) is 41.5 Å².